The van der Waals surface area contributed by atoms with Gasteiger partial charge in [0.2, 0.25) is 0 Å². The van der Waals surface area contributed by atoms with Crippen LogP contribution < -0.4 is 4.74 Å². The molecule has 7 heteroatoms. The van der Waals surface area contributed by atoms with Gasteiger partial charge in [-0.1, -0.05) is 0 Å². The molecule has 0 radical (unpaired) electrons. The lowest BCUT2D eigenvalue weighted by molar-refractivity contribution is 0.0657. The Morgan fingerprint density at radius 1 is 1.31 bits per heavy atom. The molecule has 134 valence electrons. The van der Waals surface area contributed by atoms with Crippen LogP contribution in [0.3, 0.4) is 0 Å². The van der Waals surface area contributed by atoms with Crippen LogP contribution in [0.25, 0.3) is 5.65 Å². The fraction of sp³-hybridized carbons (Fsp3) is 0.316. The number of methoxy groups -OCH3 is 1. The van der Waals surface area contributed by atoms with Crippen molar-refractivity contribution >= 4 is 11.6 Å². The number of hydrogen-bond acceptors (Lipinski definition) is 5. The van der Waals surface area contributed by atoms with Crippen LogP contribution in [0.15, 0.2) is 55.2 Å². The zero-order valence-electron chi connectivity index (χ0n) is 14.5. The summed E-state index contributed by atoms with van der Waals surface area (Å²) < 4.78 is 13.2. The van der Waals surface area contributed by atoms with Gasteiger partial charge in [0.1, 0.15) is 18.0 Å². The van der Waals surface area contributed by atoms with Crippen molar-refractivity contribution in [2.75, 3.05) is 20.3 Å². The molecule has 0 N–H and O–H groups in total. The van der Waals surface area contributed by atoms with Crippen molar-refractivity contribution in [2.45, 2.75) is 18.6 Å². The fourth-order valence-electron chi connectivity index (χ4n) is 3.29. The predicted molar refractivity (Wildman–Crippen MR) is 95.2 cm³/mol. The standard InChI is InChI=1S/C19H20N4O3/c1-25-17-9-15(13-26-16-3-2-6-20-10-16)23(12-17)19(24)14-4-5-18-21-7-8-22(18)11-14/h2-8,10-11,15,17H,9,12-13H2,1H3/t15-,17+/m0/s1. The van der Waals surface area contributed by atoms with Gasteiger partial charge in [-0.15, -0.1) is 0 Å². The molecule has 0 spiro atoms. The largest absolute Gasteiger partial charge is 0.490 e. The number of imidazole rings is 1. The molecule has 3 aromatic heterocycles. The van der Waals surface area contributed by atoms with E-state index >= 15 is 0 Å². The van der Waals surface area contributed by atoms with E-state index in [9.17, 15) is 4.79 Å². The van der Waals surface area contributed by atoms with E-state index in [0.29, 0.717) is 24.5 Å². The van der Waals surface area contributed by atoms with E-state index in [2.05, 4.69) is 9.97 Å². The Bertz CT molecular complexity index is 896. The monoisotopic (exact) mass is 352 g/mol. The minimum absolute atomic E-state index is 0.0124. The quantitative estimate of drug-likeness (QED) is 0.703. The first-order valence-electron chi connectivity index (χ1n) is 8.54. The van der Waals surface area contributed by atoms with Crippen LogP contribution in [0.2, 0.25) is 0 Å². The van der Waals surface area contributed by atoms with Crippen molar-refractivity contribution in [3.8, 4) is 5.75 Å². The third-order valence-corrected chi connectivity index (χ3v) is 4.68. The Labute approximate surface area is 151 Å². The van der Waals surface area contributed by atoms with E-state index in [4.69, 9.17) is 9.47 Å². The van der Waals surface area contributed by atoms with Crippen molar-refractivity contribution in [3.05, 3.63) is 60.8 Å². The number of carbonyl (C=O) groups excluding carboxylic acids is 1. The molecule has 1 amide bonds. The second-order valence-corrected chi connectivity index (χ2v) is 6.31. The highest BCUT2D eigenvalue weighted by Crippen LogP contribution is 2.23. The van der Waals surface area contributed by atoms with Gasteiger partial charge in [0.05, 0.1) is 23.9 Å². The van der Waals surface area contributed by atoms with E-state index < -0.39 is 0 Å². The molecule has 0 aliphatic carbocycles. The second-order valence-electron chi connectivity index (χ2n) is 6.31. The Kier molecular flexibility index (Phi) is 4.53. The predicted octanol–water partition coefficient (Wildman–Crippen LogP) is 2.04. The number of hydrogen-bond donors (Lipinski definition) is 0. The highest BCUT2D eigenvalue weighted by Gasteiger charge is 2.36. The van der Waals surface area contributed by atoms with E-state index in [1.165, 1.54) is 0 Å². The van der Waals surface area contributed by atoms with Gasteiger partial charge in [-0.25, -0.2) is 4.98 Å². The number of likely N-dealkylation sites (tertiary alicyclic amines) is 1. The molecular weight excluding hydrogens is 332 g/mol. The van der Waals surface area contributed by atoms with Crippen LogP contribution in [0, 0.1) is 0 Å². The number of amides is 1. The molecule has 1 aliphatic rings. The summed E-state index contributed by atoms with van der Waals surface area (Å²) in [6.45, 7) is 0.961. The number of aromatic nitrogens is 3. The maximum Gasteiger partial charge on any atom is 0.255 e. The summed E-state index contributed by atoms with van der Waals surface area (Å²) in [7, 11) is 1.68. The average molecular weight is 352 g/mol. The van der Waals surface area contributed by atoms with E-state index in [1.807, 2.05) is 46.0 Å². The zero-order chi connectivity index (χ0) is 17.9. The lowest BCUT2D eigenvalue weighted by atomic mass is 10.2. The Hall–Kier alpha value is -2.93. The summed E-state index contributed by atoms with van der Waals surface area (Å²) >= 11 is 0. The molecule has 3 aromatic rings. The number of fused-ring (bicyclic) bond motifs is 1. The van der Waals surface area contributed by atoms with Crippen molar-refractivity contribution in [3.63, 3.8) is 0 Å². The second kappa shape index (κ2) is 7.13. The minimum Gasteiger partial charge on any atom is -0.490 e. The van der Waals surface area contributed by atoms with Gasteiger partial charge < -0.3 is 18.8 Å². The molecule has 0 aromatic carbocycles. The number of pyridine rings is 2. The number of rotatable bonds is 5. The molecule has 0 bridgehead atoms. The maximum atomic E-state index is 13.1. The molecule has 26 heavy (non-hydrogen) atoms. The summed E-state index contributed by atoms with van der Waals surface area (Å²) in [4.78, 5) is 23.2. The summed E-state index contributed by atoms with van der Waals surface area (Å²) in [6.07, 6.45) is 9.48. The van der Waals surface area contributed by atoms with E-state index in [-0.39, 0.29) is 18.1 Å². The molecule has 1 fully saturated rings. The SMILES string of the molecule is CO[C@@H]1C[C@@H](COc2cccnc2)N(C(=O)c2ccc3nccn3c2)C1. The molecule has 1 aliphatic heterocycles. The average Bonchev–Trinajstić information content (AvgIpc) is 3.32. The molecule has 0 saturated carbocycles. The van der Waals surface area contributed by atoms with Crippen molar-refractivity contribution < 1.29 is 14.3 Å². The maximum absolute atomic E-state index is 13.1. The topological polar surface area (TPSA) is 69.0 Å². The van der Waals surface area contributed by atoms with Gasteiger partial charge in [0.25, 0.3) is 5.91 Å². The van der Waals surface area contributed by atoms with E-state index in [1.54, 1.807) is 25.7 Å². The molecule has 2 atom stereocenters. The smallest absolute Gasteiger partial charge is 0.255 e. The first kappa shape index (κ1) is 16.5. The van der Waals surface area contributed by atoms with Crippen LogP contribution in [0.5, 0.6) is 5.75 Å². The number of carbonyl (C=O) groups is 1. The normalized spacial score (nSPS) is 19.8. The van der Waals surface area contributed by atoms with Gasteiger partial charge >= 0.3 is 0 Å². The van der Waals surface area contributed by atoms with Gasteiger partial charge in [0, 0.05) is 38.4 Å². The third kappa shape index (κ3) is 3.25. The lowest BCUT2D eigenvalue weighted by Crippen LogP contribution is -2.39. The molecule has 4 rings (SSSR count). The highest BCUT2D eigenvalue weighted by atomic mass is 16.5. The minimum atomic E-state index is -0.0499. The van der Waals surface area contributed by atoms with Crippen molar-refractivity contribution in [1.82, 2.24) is 19.3 Å². The molecular formula is C19H20N4O3. The van der Waals surface area contributed by atoms with Gasteiger partial charge in [-0.3, -0.25) is 9.78 Å². The van der Waals surface area contributed by atoms with E-state index in [0.717, 1.165) is 12.1 Å². The van der Waals surface area contributed by atoms with Gasteiger partial charge in [-0.2, -0.15) is 0 Å². The van der Waals surface area contributed by atoms with Crippen LogP contribution in [0.1, 0.15) is 16.8 Å². The molecule has 1 saturated heterocycles. The zero-order valence-corrected chi connectivity index (χ0v) is 14.5. The van der Waals surface area contributed by atoms with Gasteiger partial charge in [-0.05, 0) is 30.7 Å². The fourth-order valence-corrected chi connectivity index (χ4v) is 3.29. The summed E-state index contributed by atoms with van der Waals surface area (Å²) in [5, 5.41) is 0. The molecule has 4 heterocycles. The van der Waals surface area contributed by atoms with Crippen LogP contribution in [-0.4, -0.2) is 57.6 Å². The molecule has 0 unspecified atom stereocenters. The molecule has 7 nitrogen and oxygen atoms in total. The summed E-state index contributed by atoms with van der Waals surface area (Å²) in [6, 6.07) is 7.29. The Balaban J connectivity index is 1.52. The van der Waals surface area contributed by atoms with Crippen LogP contribution in [-0.2, 0) is 4.74 Å². The first-order valence-corrected chi connectivity index (χ1v) is 8.54. The third-order valence-electron chi connectivity index (χ3n) is 4.68. The van der Waals surface area contributed by atoms with Crippen LogP contribution in [0.4, 0.5) is 0 Å². The van der Waals surface area contributed by atoms with Crippen LogP contribution >= 0.6 is 0 Å². The lowest BCUT2D eigenvalue weighted by Gasteiger charge is -2.24. The highest BCUT2D eigenvalue weighted by molar-refractivity contribution is 5.94. The number of ether oxygens (including phenoxy) is 2. The summed E-state index contributed by atoms with van der Waals surface area (Å²) in [5.41, 5.74) is 1.44. The summed E-state index contributed by atoms with van der Waals surface area (Å²) in [5.74, 6) is 0.667. The number of nitrogens with zero attached hydrogens (tertiary/aromatic N) is 4. The first-order chi connectivity index (χ1) is 12.7. The van der Waals surface area contributed by atoms with Gasteiger partial charge in [0.15, 0.2) is 0 Å². The Morgan fingerprint density at radius 3 is 3.04 bits per heavy atom. The van der Waals surface area contributed by atoms with Crippen molar-refractivity contribution in [2.24, 2.45) is 0 Å². The van der Waals surface area contributed by atoms with Crippen molar-refractivity contribution in [1.29, 1.82) is 0 Å². The Morgan fingerprint density at radius 2 is 2.23 bits per heavy atom.